The first-order valence-corrected chi connectivity index (χ1v) is 7.96. The number of carbonyl (C=O) groups excluding carboxylic acids is 1. The quantitative estimate of drug-likeness (QED) is 0.776. The van der Waals surface area contributed by atoms with Crippen LogP contribution < -0.4 is 10.1 Å². The van der Waals surface area contributed by atoms with Crippen LogP contribution in [-0.2, 0) is 11.3 Å². The molecule has 1 N–H and O–H groups in total. The molecule has 0 aliphatic rings. The van der Waals surface area contributed by atoms with Gasteiger partial charge in [-0.05, 0) is 44.5 Å². The maximum absolute atomic E-state index is 12.1. The zero-order chi connectivity index (χ0) is 18.4. The van der Waals surface area contributed by atoms with E-state index in [1.807, 2.05) is 25.5 Å². The van der Waals surface area contributed by atoms with Gasteiger partial charge in [-0.2, -0.15) is 13.9 Å². The van der Waals surface area contributed by atoms with Crippen LogP contribution in [0.4, 0.5) is 8.78 Å². The summed E-state index contributed by atoms with van der Waals surface area (Å²) in [6.07, 6.45) is 4.77. The number of aryl methyl sites for hydroxylation is 1. The first kappa shape index (κ1) is 18.6. The van der Waals surface area contributed by atoms with E-state index in [0.717, 1.165) is 17.8 Å². The minimum absolute atomic E-state index is 0.0774. The normalized spacial score (nSPS) is 12.6. The standard InChI is InChI=1S/C18H21F2N3O2/c1-4-23-13(3)16(11-21-23)12(2)22-17(24)10-7-14-5-8-15(9-6-14)25-18(19)20/h5-12,18H,4H2,1-3H3,(H,22,24)/b10-7-. The van der Waals surface area contributed by atoms with E-state index in [-0.39, 0.29) is 17.7 Å². The molecule has 7 heteroatoms. The molecule has 1 heterocycles. The monoisotopic (exact) mass is 349 g/mol. The molecule has 0 spiro atoms. The van der Waals surface area contributed by atoms with Crippen LogP contribution in [0.25, 0.3) is 6.08 Å². The number of amides is 1. The lowest BCUT2D eigenvalue weighted by Gasteiger charge is -2.12. The van der Waals surface area contributed by atoms with Gasteiger partial charge in [0.2, 0.25) is 5.91 Å². The molecule has 0 aliphatic heterocycles. The molecule has 134 valence electrons. The van der Waals surface area contributed by atoms with E-state index in [9.17, 15) is 13.6 Å². The van der Waals surface area contributed by atoms with Crippen molar-refractivity contribution in [3.63, 3.8) is 0 Å². The molecule has 1 amide bonds. The first-order chi connectivity index (χ1) is 11.9. The molecule has 1 unspecified atom stereocenters. The van der Waals surface area contributed by atoms with Gasteiger partial charge in [0.1, 0.15) is 5.75 Å². The number of carbonyl (C=O) groups is 1. The predicted molar refractivity (Wildman–Crippen MR) is 91.3 cm³/mol. The van der Waals surface area contributed by atoms with Crippen LogP contribution in [-0.4, -0.2) is 22.3 Å². The van der Waals surface area contributed by atoms with Crippen LogP contribution in [0.5, 0.6) is 5.75 Å². The third-order valence-electron chi connectivity index (χ3n) is 3.80. The van der Waals surface area contributed by atoms with Gasteiger partial charge in [0, 0.05) is 23.9 Å². The molecular formula is C18H21F2N3O2. The van der Waals surface area contributed by atoms with E-state index < -0.39 is 6.61 Å². The van der Waals surface area contributed by atoms with Crippen molar-refractivity contribution in [2.45, 2.75) is 40.0 Å². The number of rotatable bonds is 7. The molecule has 2 rings (SSSR count). The van der Waals surface area contributed by atoms with E-state index in [1.54, 1.807) is 24.4 Å². The number of hydrogen-bond donors (Lipinski definition) is 1. The second kappa shape index (κ2) is 8.41. The summed E-state index contributed by atoms with van der Waals surface area (Å²) in [4.78, 5) is 12.1. The average molecular weight is 349 g/mol. The van der Waals surface area contributed by atoms with Crippen molar-refractivity contribution in [2.75, 3.05) is 0 Å². The molecule has 5 nitrogen and oxygen atoms in total. The number of benzene rings is 1. The summed E-state index contributed by atoms with van der Waals surface area (Å²) in [7, 11) is 0. The molecule has 2 aromatic rings. The molecule has 0 saturated carbocycles. The Kier molecular flexibility index (Phi) is 6.27. The second-order valence-corrected chi connectivity index (χ2v) is 5.51. The summed E-state index contributed by atoms with van der Waals surface area (Å²) in [6.45, 7) is 3.79. The molecule has 0 fully saturated rings. The lowest BCUT2D eigenvalue weighted by atomic mass is 10.1. The number of hydrogen-bond acceptors (Lipinski definition) is 3. The number of nitrogens with zero attached hydrogens (tertiary/aromatic N) is 2. The molecule has 25 heavy (non-hydrogen) atoms. The minimum Gasteiger partial charge on any atom is -0.435 e. The lowest BCUT2D eigenvalue weighted by molar-refractivity contribution is -0.117. The Labute approximate surface area is 145 Å². The van der Waals surface area contributed by atoms with Gasteiger partial charge in [0.25, 0.3) is 0 Å². The number of ether oxygens (including phenoxy) is 1. The first-order valence-electron chi connectivity index (χ1n) is 7.96. The van der Waals surface area contributed by atoms with Gasteiger partial charge in [0.05, 0.1) is 12.2 Å². The highest BCUT2D eigenvalue weighted by Crippen LogP contribution is 2.17. The molecule has 1 atom stereocenters. The van der Waals surface area contributed by atoms with E-state index in [2.05, 4.69) is 15.2 Å². The summed E-state index contributed by atoms with van der Waals surface area (Å²) in [5.74, 6) is -0.169. The number of alkyl halides is 2. The summed E-state index contributed by atoms with van der Waals surface area (Å²) >= 11 is 0. The third-order valence-corrected chi connectivity index (χ3v) is 3.80. The number of halogens is 2. The van der Waals surface area contributed by atoms with Gasteiger partial charge >= 0.3 is 6.61 Å². The second-order valence-electron chi connectivity index (χ2n) is 5.51. The molecule has 0 bridgehead atoms. The topological polar surface area (TPSA) is 56.2 Å². The van der Waals surface area contributed by atoms with Crippen LogP contribution in [0.2, 0.25) is 0 Å². The lowest BCUT2D eigenvalue weighted by Crippen LogP contribution is -2.25. The fourth-order valence-corrected chi connectivity index (χ4v) is 2.48. The predicted octanol–water partition coefficient (Wildman–Crippen LogP) is 3.70. The van der Waals surface area contributed by atoms with E-state index >= 15 is 0 Å². The minimum atomic E-state index is -2.85. The molecule has 1 aromatic carbocycles. The highest BCUT2D eigenvalue weighted by Gasteiger charge is 2.13. The van der Waals surface area contributed by atoms with Crippen molar-refractivity contribution in [2.24, 2.45) is 0 Å². The summed E-state index contributed by atoms with van der Waals surface area (Å²) in [5, 5.41) is 7.15. The third kappa shape index (κ3) is 5.14. The van der Waals surface area contributed by atoms with Crippen LogP contribution in [0.15, 0.2) is 36.5 Å². The smallest absolute Gasteiger partial charge is 0.387 e. The molecule has 0 saturated heterocycles. The Morgan fingerprint density at radius 3 is 2.60 bits per heavy atom. The fraction of sp³-hybridized carbons (Fsp3) is 0.333. The highest BCUT2D eigenvalue weighted by atomic mass is 19.3. The summed E-state index contributed by atoms with van der Waals surface area (Å²) in [5.41, 5.74) is 2.70. The van der Waals surface area contributed by atoms with Crippen LogP contribution in [0.1, 0.15) is 36.7 Å². The van der Waals surface area contributed by atoms with Crippen LogP contribution >= 0.6 is 0 Å². The van der Waals surface area contributed by atoms with E-state index in [4.69, 9.17) is 0 Å². The Bertz CT molecular complexity index is 739. The SMILES string of the molecule is CCn1ncc(C(C)NC(=O)/C=C\c2ccc(OC(F)F)cc2)c1C. The van der Waals surface area contributed by atoms with Crippen molar-refractivity contribution < 1.29 is 18.3 Å². The fourth-order valence-electron chi connectivity index (χ4n) is 2.48. The highest BCUT2D eigenvalue weighted by molar-refractivity contribution is 5.92. The molecule has 0 aliphatic carbocycles. The van der Waals surface area contributed by atoms with Gasteiger partial charge in [0.15, 0.2) is 0 Å². The Balaban J connectivity index is 1.94. The Hall–Kier alpha value is -2.70. The van der Waals surface area contributed by atoms with Gasteiger partial charge in [-0.1, -0.05) is 12.1 Å². The van der Waals surface area contributed by atoms with E-state index in [0.29, 0.717) is 5.56 Å². The van der Waals surface area contributed by atoms with Crippen molar-refractivity contribution in [1.29, 1.82) is 0 Å². The van der Waals surface area contributed by atoms with Crippen LogP contribution in [0.3, 0.4) is 0 Å². The summed E-state index contributed by atoms with van der Waals surface area (Å²) < 4.78 is 30.3. The largest absolute Gasteiger partial charge is 0.435 e. The average Bonchev–Trinajstić information content (AvgIpc) is 2.94. The summed E-state index contributed by atoms with van der Waals surface area (Å²) in [6, 6.07) is 5.88. The van der Waals surface area contributed by atoms with Crippen molar-refractivity contribution in [1.82, 2.24) is 15.1 Å². The van der Waals surface area contributed by atoms with Gasteiger partial charge in [-0.3, -0.25) is 9.48 Å². The van der Waals surface area contributed by atoms with Gasteiger partial charge < -0.3 is 10.1 Å². The zero-order valence-electron chi connectivity index (χ0n) is 14.4. The van der Waals surface area contributed by atoms with Crippen molar-refractivity contribution >= 4 is 12.0 Å². The zero-order valence-corrected chi connectivity index (χ0v) is 14.4. The van der Waals surface area contributed by atoms with Gasteiger partial charge in [-0.15, -0.1) is 0 Å². The van der Waals surface area contributed by atoms with Crippen molar-refractivity contribution in [3.05, 3.63) is 53.4 Å². The molecule has 0 radical (unpaired) electrons. The Morgan fingerprint density at radius 1 is 1.36 bits per heavy atom. The van der Waals surface area contributed by atoms with Crippen molar-refractivity contribution in [3.8, 4) is 5.75 Å². The number of aromatic nitrogens is 2. The van der Waals surface area contributed by atoms with Gasteiger partial charge in [-0.25, -0.2) is 0 Å². The number of nitrogens with one attached hydrogen (secondary N) is 1. The van der Waals surface area contributed by atoms with Crippen LogP contribution in [0, 0.1) is 6.92 Å². The maximum Gasteiger partial charge on any atom is 0.387 e. The Morgan fingerprint density at radius 2 is 2.04 bits per heavy atom. The molecule has 1 aromatic heterocycles. The molecular weight excluding hydrogens is 328 g/mol. The maximum atomic E-state index is 12.1. The van der Waals surface area contributed by atoms with E-state index in [1.165, 1.54) is 18.2 Å².